The molecule has 0 amide bonds. The number of nitrogens with zero attached hydrogens (tertiary/aromatic N) is 1. The zero-order chi connectivity index (χ0) is 13.9. The molecule has 5 nitrogen and oxygen atoms in total. The number of benzene rings is 2. The van der Waals surface area contributed by atoms with Gasteiger partial charge in [0.15, 0.2) is 0 Å². The summed E-state index contributed by atoms with van der Waals surface area (Å²) >= 11 is -1.42. The molecule has 2 aromatic rings. The Morgan fingerprint density at radius 1 is 0.947 bits per heavy atom. The zero-order valence-corrected chi connectivity index (χ0v) is 12.7. The van der Waals surface area contributed by atoms with Crippen LogP contribution in [0, 0.1) is 13.7 Å². The minimum absolute atomic E-state index is 0.112. The van der Waals surface area contributed by atoms with Gasteiger partial charge in [0.05, 0.1) is 0 Å². The van der Waals surface area contributed by atoms with Crippen LogP contribution in [0.4, 0.5) is 5.69 Å². The fraction of sp³-hybridized carbons (Fsp3) is 0. The average molecular weight is 391 g/mol. The Morgan fingerprint density at radius 2 is 1.53 bits per heavy atom. The summed E-state index contributed by atoms with van der Waals surface area (Å²) in [7, 11) is -3.35. The quantitative estimate of drug-likeness (QED) is 0.348. The summed E-state index contributed by atoms with van der Waals surface area (Å²) < 4.78 is 25.2. The van der Waals surface area contributed by atoms with Crippen LogP contribution in [0.25, 0.3) is 0 Å². The summed E-state index contributed by atoms with van der Waals surface area (Å²) in [6.07, 6.45) is 0. The van der Waals surface area contributed by atoms with Crippen LogP contribution in [0.15, 0.2) is 59.5 Å². The molecule has 7 heteroatoms. The third-order valence-corrected chi connectivity index (χ3v) is 9.50. The van der Waals surface area contributed by atoms with Gasteiger partial charge < -0.3 is 0 Å². The molecule has 2 rings (SSSR count). The third-order valence-electron chi connectivity index (χ3n) is 2.29. The molecule has 0 saturated carbocycles. The molecule has 0 radical (unpaired) electrons. The SMILES string of the molecule is O=[N+]([O-])c1ccc(S(=O)(=O)[IH]c2ccccc2)cc1. The fourth-order valence-corrected chi connectivity index (χ4v) is 7.66. The van der Waals surface area contributed by atoms with Crippen LogP contribution >= 0.6 is 19.8 Å². The van der Waals surface area contributed by atoms with Gasteiger partial charge in [-0.25, -0.2) is 0 Å². The topological polar surface area (TPSA) is 77.3 Å². The van der Waals surface area contributed by atoms with Gasteiger partial charge in [-0.15, -0.1) is 0 Å². The van der Waals surface area contributed by atoms with Crippen molar-refractivity contribution in [1.82, 2.24) is 0 Å². The van der Waals surface area contributed by atoms with Crippen LogP contribution in [0.5, 0.6) is 0 Å². The second-order valence-corrected chi connectivity index (χ2v) is 11.7. The van der Waals surface area contributed by atoms with Gasteiger partial charge in [0, 0.05) is 0 Å². The van der Waals surface area contributed by atoms with Gasteiger partial charge >= 0.3 is 119 Å². The summed E-state index contributed by atoms with van der Waals surface area (Å²) in [4.78, 5) is 10.1. The van der Waals surface area contributed by atoms with Crippen molar-refractivity contribution in [3.8, 4) is 0 Å². The van der Waals surface area contributed by atoms with E-state index in [1.165, 1.54) is 24.3 Å². The monoisotopic (exact) mass is 391 g/mol. The summed E-state index contributed by atoms with van der Waals surface area (Å²) in [6, 6.07) is 14.0. The molecule has 0 bridgehead atoms. The standard InChI is InChI=1S/C12H10INO4S/c15-14(16)11-6-8-12(9-7-11)19(17,18)13-10-4-2-1-3-5-10/h1-9,13H. The summed E-state index contributed by atoms with van der Waals surface area (Å²) in [5.41, 5.74) is -0.112. The Balaban J connectivity index is 2.27. The Kier molecular flexibility index (Phi) is 4.15. The van der Waals surface area contributed by atoms with Crippen LogP contribution in [-0.2, 0) is 7.01 Å². The normalized spacial score (nSPS) is 11.4. The average Bonchev–Trinajstić information content (AvgIpc) is 2.39. The molecule has 0 aliphatic heterocycles. The van der Waals surface area contributed by atoms with E-state index < -0.39 is 31.8 Å². The third kappa shape index (κ3) is 3.51. The van der Waals surface area contributed by atoms with Crippen molar-refractivity contribution in [3.63, 3.8) is 0 Å². The van der Waals surface area contributed by atoms with Crippen molar-refractivity contribution in [2.45, 2.75) is 4.90 Å². The molecule has 0 aliphatic rings. The summed E-state index contributed by atoms with van der Waals surface area (Å²) in [6.45, 7) is 0. The molecule has 0 N–H and O–H groups in total. The molecule has 0 aromatic heterocycles. The van der Waals surface area contributed by atoms with Crippen LogP contribution in [-0.4, -0.2) is 13.3 Å². The molecule has 0 aliphatic carbocycles. The second-order valence-electron chi connectivity index (χ2n) is 3.60. The number of halogens is 1. The van der Waals surface area contributed by atoms with Gasteiger partial charge in [-0.3, -0.25) is 0 Å². The van der Waals surface area contributed by atoms with Gasteiger partial charge in [-0.05, 0) is 0 Å². The van der Waals surface area contributed by atoms with E-state index in [1.807, 2.05) is 6.07 Å². The first-order valence-corrected chi connectivity index (χ1v) is 10.7. The molecule has 0 atom stereocenters. The Bertz CT molecular complexity index is 683. The fourth-order valence-electron chi connectivity index (χ4n) is 1.39. The summed E-state index contributed by atoms with van der Waals surface area (Å²) in [5, 5.41) is 10.5. The first-order valence-electron chi connectivity index (χ1n) is 5.23. The predicted octanol–water partition coefficient (Wildman–Crippen LogP) is 2.86. The molecular formula is C12H10INO4S. The molecule has 0 heterocycles. The first-order chi connectivity index (χ1) is 8.99. The van der Waals surface area contributed by atoms with Gasteiger partial charge in [0.25, 0.3) is 0 Å². The number of nitro groups is 1. The molecule has 0 saturated heterocycles. The Hall–Kier alpha value is -1.48. The Labute approximate surface area is 119 Å². The molecule has 19 heavy (non-hydrogen) atoms. The molecule has 2 aromatic carbocycles. The van der Waals surface area contributed by atoms with Crippen molar-refractivity contribution in [1.29, 1.82) is 0 Å². The van der Waals surface area contributed by atoms with Crippen molar-refractivity contribution in [2.75, 3.05) is 0 Å². The summed E-state index contributed by atoms with van der Waals surface area (Å²) in [5.74, 6) is 0. The number of rotatable bonds is 4. The van der Waals surface area contributed by atoms with Crippen LogP contribution in [0.2, 0.25) is 0 Å². The van der Waals surface area contributed by atoms with E-state index in [0.29, 0.717) is 0 Å². The van der Waals surface area contributed by atoms with E-state index in [4.69, 9.17) is 0 Å². The maximum absolute atomic E-state index is 12.2. The van der Waals surface area contributed by atoms with Crippen molar-refractivity contribution < 1.29 is 13.3 Å². The van der Waals surface area contributed by atoms with E-state index in [9.17, 15) is 18.5 Å². The van der Waals surface area contributed by atoms with Gasteiger partial charge in [-0.2, -0.15) is 0 Å². The second kappa shape index (κ2) is 5.66. The van der Waals surface area contributed by atoms with E-state index >= 15 is 0 Å². The van der Waals surface area contributed by atoms with Gasteiger partial charge in [0.2, 0.25) is 0 Å². The van der Waals surface area contributed by atoms with E-state index in [-0.39, 0.29) is 10.6 Å². The molecule has 0 unspecified atom stereocenters. The number of non-ortho nitro benzene ring substituents is 1. The maximum atomic E-state index is 12.2. The van der Waals surface area contributed by atoms with Crippen molar-refractivity contribution >= 4 is 32.5 Å². The van der Waals surface area contributed by atoms with Crippen LogP contribution in [0.1, 0.15) is 0 Å². The van der Waals surface area contributed by atoms with E-state index in [1.54, 1.807) is 24.3 Å². The minimum atomic E-state index is -3.35. The number of hydrogen-bond donors (Lipinski definition) is 0. The molecular weight excluding hydrogens is 381 g/mol. The predicted molar refractivity (Wildman–Crippen MR) is 80.8 cm³/mol. The Morgan fingerprint density at radius 3 is 2.05 bits per heavy atom. The molecule has 100 valence electrons. The molecule has 0 spiro atoms. The van der Waals surface area contributed by atoms with E-state index in [2.05, 4.69) is 0 Å². The van der Waals surface area contributed by atoms with Crippen molar-refractivity contribution in [3.05, 3.63) is 68.3 Å². The zero-order valence-electron chi connectivity index (χ0n) is 9.59. The number of hydrogen-bond acceptors (Lipinski definition) is 4. The first kappa shape index (κ1) is 13.9. The van der Waals surface area contributed by atoms with Gasteiger partial charge in [-0.1, -0.05) is 0 Å². The van der Waals surface area contributed by atoms with Crippen LogP contribution < -0.4 is 0 Å². The van der Waals surface area contributed by atoms with Crippen molar-refractivity contribution in [2.24, 2.45) is 0 Å². The molecule has 0 fully saturated rings. The van der Waals surface area contributed by atoms with E-state index in [0.717, 1.165) is 3.57 Å². The number of nitro benzene ring substituents is 1. The van der Waals surface area contributed by atoms with Crippen LogP contribution in [0.3, 0.4) is 0 Å². The van der Waals surface area contributed by atoms with Gasteiger partial charge in [0.1, 0.15) is 0 Å².